The summed E-state index contributed by atoms with van der Waals surface area (Å²) in [6, 6.07) is 2.29. The topological polar surface area (TPSA) is 78.4 Å². The van der Waals surface area contributed by atoms with Crippen molar-refractivity contribution in [3.63, 3.8) is 0 Å². The molecule has 0 bridgehead atoms. The number of rotatable bonds is 5. The highest BCUT2D eigenvalue weighted by Crippen LogP contribution is 2.08. The molecule has 3 N–H and O–H groups in total. The third-order valence-electron chi connectivity index (χ3n) is 2.44. The van der Waals surface area contributed by atoms with Crippen molar-refractivity contribution in [2.24, 2.45) is 5.92 Å². The Kier molecular flexibility index (Phi) is 5.23. The Hall–Kier alpha value is -2.18. The van der Waals surface area contributed by atoms with Crippen LogP contribution in [0, 0.1) is 17.6 Å². The van der Waals surface area contributed by atoms with Gasteiger partial charge < -0.3 is 15.7 Å². The van der Waals surface area contributed by atoms with Crippen LogP contribution in [-0.2, 0) is 11.3 Å². The zero-order chi connectivity index (χ0) is 14.4. The second-order valence-electron chi connectivity index (χ2n) is 4.04. The number of aliphatic carboxylic acids is 1. The van der Waals surface area contributed by atoms with E-state index in [4.69, 9.17) is 5.11 Å². The largest absolute Gasteiger partial charge is 0.481 e. The smallest absolute Gasteiger partial charge is 0.315 e. The summed E-state index contributed by atoms with van der Waals surface area (Å²) in [6.07, 6.45) is 0. The van der Waals surface area contributed by atoms with Crippen molar-refractivity contribution in [2.75, 3.05) is 6.54 Å². The van der Waals surface area contributed by atoms with E-state index in [2.05, 4.69) is 10.6 Å². The van der Waals surface area contributed by atoms with E-state index in [1.807, 2.05) is 0 Å². The summed E-state index contributed by atoms with van der Waals surface area (Å²) < 4.78 is 26.1. The molecule has 0 fully saturated rings. The van der Waals surface area contributed by atoms with Crippen LogP contribution in [0.4, 0.5) is 13.6 Å². The summed E-state index contributed by atoms with van der Waals surface area (Å²) in [6.45, 7) is 1.21. The Labute approximate surface area is 108 Å². The van der Waals surface area contributed by atoms with E-state index < -0.39 is 29.6 Å². The molecule has 7 heteroatoms. The van der Waals surface area contributed by atoms with Crippen molar-refractivity contribution >= 4 is 12.0 Å². The average molecular weight is 272 g/mol. The van der Waals surface area contributed by atoms with Crippen LogP contribution < -0.4 is 10.6 Å². The van der Waals surface area contributed by atoms with E-state index >= 15 is 0 Å². The molecular weight excluding hydrogens is 258 g/mol. The van der Waals surface area contributed by atoms with Crippen LogP contribution in [0.1, 0.15) is 12.5 Å². The predicted molar refractivity (Wildman–Crippen MR) is 63.4 cm³/mol. The van der Waals surface area contributed by atoms with Gasteiger partial charge in [0.15, 0.2) is 0 Å². The van der Waals surface area contributed by atoms with Crippen molar-refractivity contribution in [3.8, 4) is 0 Å². The van der Waals surface area contributed by atoms with Crippen molar-refractivity contribution in [1.82, 2.24) is 10.6 Å². The molecule has 1 aromatic rings. The number of carbonyl (C=O) groups is 2. The number of halogens is 2. The second-order valence-corrected chi connectivity index (χ2v) is 4.04. The maximum Gasteiger partial charge on any atom is 0.315 e. The fraction of sp³-hybridized carbons (Fsp3) is 0.333. The molecule has 0 aromatic heterocycles. The maximum atomic E-state index is 13.2. The number of carbonyl (C=O) groups excluding carboxylic acids is 1. The maximum absolute atomic E-state index is 13.2. The van der Waals surface area contributed by atoms with E-state index in [0.29, 0.717) is 0 Å². The summed E-state index contributed by atoms with van der Waals surface area (Å²) >= 11 is 0. The highest BCUT2D eigenvalue weighted by atomic mass is 19.1. The van der Waals surface area contributed by atoms with E-state index in [-0.39, 0.29) is 18.7 Å². The molecule has 19 heavy (non-hydrogen) atoms. The van der Waals surface area contributed by atoms with Crippen LogP contribution >= 0.6 is 0 Å². The van der Waals surface area contributed by atoms with E-state index in [9.17, 15) is 18.4 Å². The van der Waals surface area contributed by atoms with Gasteiger partial charge in [-0.05, 0) is 18.2 Å². The summed E-state index contributed by atoms with van der Waals surface area (Å²) in [5, 5.41) is 13.2. The van der Waals surface area contributed by atoms with Crippen LogP contribution in [0.15, 0.2) is 18.2 Å². The number of carboxylic acids is 1. The van der Waals surface area contributed by atoms with E-state index in [1.54, 1.807) is 0 Å². The number of amides is 2. The van der Waals surface area contributed by atoms with Gasteiger partial charge in [-0.2, -0.15) is 0 Å². The van der Waals surface area contributed by atoms with Gasteiger partial charge in [0, 0.05) is 18.7 Å². The van der Waals surface area contributed by atoms with Gasteiger partial charge in [0.05, 0.1) is 5.92 Å². The molecule has 0 spiro atoms. The molecule has 1 atom stereocenters. The van der Waals surface area contributed by atoms with Gasteiger partial charge >= 0.3 is 12.0 Å². The molecule has 2 amide bonds. The SMILES string of the molecule is CC(CNC(=O)NCc1cc(F)ccc1F)C(=O)O. The molecule has 1 unspecified atom stereocenters. The Morgan fingerprint density at radius 3 is 2.63 bits per heavy atom. The monoisotopic (exact) mass is 272 g/mol. The van der Waals surface area contributed by atoms with Gasteiger partial charge in [0.2, 0.25) is 0 Å². The van der Waals surface area contributed by atoms with Crippen molar-refractivity contribution in [2.45, 2.75) is 13.5 Å². The Balaban J connectivity index is 2.42. The highest BCUT2D eigenvalue weighted by molar-refractivity contribution is 5.75. The lowest BCUT2D eigenvalue weighted by molar-refractivity contribution is -0.140. The molecule has 1 aromatic carbocycles. The van der Waals surface area contributed by atoms with Crippen LogP contribution in [0.25, 0.3) is 0 Å². The lowest BCUT2D eigenvalue weighted by Crippen LogP contribution is -2.39. The lowest BCUT2D eigenvalue weighted by Gasteiger charge is -2.10. The van der Waals surface area contributed by atoms with Gasteiger partial charge in [-0.15, -0.1) is 0 Å². The minimum absolute atomic E-state index is 0.0152. The molecule has 5 nitrogen and oxygen atoms in total. The third-order valence-corrected chi connectivity index (χ3v) is 2.44. The predicted octanol–water partition coefficient (Wildman–Crippen LogP) is 1.48. The summed E-state index contributed by atoms with van der Waals surface area (Å²) in [5.74, 6) is -2.98. The van der Waals surface area contributed by atoms with Crippen LogP contribution in [0.2, 0.25) is 0 Å². The zero-order valence-electron chi connectivity index (χ0n) is 10.2. The third kappa shape index (κ3) is 4.90. The summed E-state index contributed by atoms with van der Waals surface area (Å²) in [5.41, 5.74) is 0.0152. The molecule has 104 valence electrons. The van der Waals surface area contributed by atoms with Gasteiger partial charge in [-0.25, -0.2) is 13.6 Å². The number of nitrogens with one attached hydrogen (secondary N) is 2. The minimum Gasteiger partial charge on any atom is -0.481 e. The van der Waals surface area contributed by atoms with Crippen molar-refractivity contribution < 1.29 is 23.5 Å². The van der Waals surface area contributed by atoms with Crippen LogP contribution in [0.3, 0.4) is 0 Å². The highest BCUT2D eigenvalue weighted by Gasteiger charge is 2.12. The Morgan fingerprint density at radius 2 is 2.00 bits per heavy atom. The standard InChI is InChI=1S/C12H14F2N2O3/c1-7(11(17)18)5-15-12(19)16-6-8-4-9(13)2-3-10(8)14/h2-4,7H,5-6H2,1H3,(H,17,18)(H2,15,16,19). The molecule has 1 rings (SSSR count). The molecule has 0 radical (unpaired) electrons. The fourth-order valence-corrected chi connectivity index (χ4v) is 1.25. The number of hydrogen-bond acceptors (Lipinski definition) is 2. The van der Waals surface area contributed by atoms with Gasteiger partial charge in [0.25, 0.3) is 0 Å². The van der Waals surface area contributed by atoms with E-state index in [1.165, 1.54) is 6.92 Å². The minimum atomic E-state index is -1.03. The number of benzene rings is 1. The first kappa shape index (κ1) is 14.9. The van der Waals surface area contributed by atoms with Gasteiger partial charge in [-0.1, -0.05) is 6.92 Å². The Morgan fingerprint density at radius 1 is 1.32 bits per heavy atom. The first-order chi connectivity index (χ1) is 8.90. The molecular formula is C12H14F2N2O3. The molecule has 0 saturated heterocycles. The summed E-state index contributed by atoms with van der Waals surface area (Å²) in [4.78, 5) is 21.8. The number of carboxylic acid groups (broad SMARTS) is 1. The normalized spacial score (nSPS) is 11.7. The lowest BCUT2D eigenvalue weighted by atomic mass is 10.2. The van der Waals surface area contributed by atoms with E-state index in [0.717, 1.165) is 18.2 Å². The van der Waals surface area contributed by atoms with Crippen LogP contribution in [0.5, 0.6) is 0 Å². The average Bonchev–Trinajstić information content (AvgIpc) is 2.36. The molecule has 0 aliphatic rings. The molecule has 0 heterocycles. The quantitative estimate of drug-likeness (QED) is 0.759. The summed E-state index contributed by atoms with van der Waals surface area (Å²) in [7, 11) is 0. The van der Waals surface area contributed by atoms with Crippen LogP contribution in [-0.4, -0.2) is 23.7 Å². The van der Waals surface area contributed by atoms with Crippen molar-refractivity contribution in [3.05, 3.63) is 35.4 Å². The fourth-order valence-electron chi connectivity index (χ4n) is 1.25. The van der Waals surface area contributed by atoms with Crippen molar-refractivity contribution in [1.29, 1.82) is 0 Å². The molecule has 0 saturated carbocycles. The van der Waals surface area contributed by atoms with Gasteiger partial charge in [-0.3, -0.25) is 4.79 Å². The molecule has 0 aliphatic carbocycles. The number of urea groups is 1. The first-order valence-corrected chi connectivity index (χ1v) is 5.58. The first-order valence-electron chi connectivity index (χ1n) is 5.58. The van der Waals surface area contributed by atoms with Gasteiger partial charge in [0.1, 0.15) is 11.6 Å². The zero-order valence-corrected chi connectivity index (χ0v) is 10.2. The molecule has 0 aliphatic heterocycles. The Bertz CT molecular complexity index is 480. The number of hydrogen-bond donors (Lipinski definition) is 3. The second kappa shape index (κ2) is 6.67.